The molecule has 0 atom stereocenters. The van der Waals surface area contributed by atoms with Gasteiger partial charge in [-0.1, -0.05) is 90.4 Å². The Labute approximate surface area is 153 Å². The van der Waals surface area contributed by atoms with E-state index < -0.39 is 10.4 Å². The van der Waals surface area contributed by atoms with Crippen LogP contribution in [0, 0.1) is 0 Å². The molecule has 22 heavy (non-hydrogen) atoms. The first-order chi connectivity index (χ1) is 10.1. The highest BCUT2D eigenvalue weighted by molar-refractivity contribution is 7.80. The maximum absolute atomic E-state index is 10.3. The molecule has 0 aromatic heterocycles. The van der Waals surface area contributed by atoms with E-state index in [1.807, 2.05) is 0 Å². The summed E-state index contributed by atoms with van der Waals surface area (Å²) in [6.45, 7) is 2.35. The Kier molecular flexibility index (Phi) is 20.3. The third-order valence-electron chi connectivity index (χ3n) is 3.73. The summed E-state index contributed by atoms with van der Waals surface area (Å²) >= 11 is 0. The molecule has 0 aliphatic rings. The monoisotopic (exact) mass is 346 g/mol. The Morgan fingerprint density at radius 3 is 1.32 bits per heavy atom. The smallest absolute Gasteiger partial charge is 0.264 e. The van der Waals surface area contributed by atoms with Crippen LogP contribution in [0.3, 0.4) is 0 Å². The fourth-order valence-electron chi connectivity index (χ4n) is 2.46. The molecule has 0 saturated carbocycles. The van der Waals surface area contributed by atoms with Crippen molar-refractivity contribution in [1.29, 1.82) is 0 Å². The Bertz CT molecular complexity index is 307. The fraction of sp³-hybridized carbons (Fsp3) is 1.00. The minimum absolute atomic E-state index is 0. The van der Waals surface area contributed by atoms with Gasteiger partial charge < -0.3 is 0 Å². The van der Waals surface area contributed by atoms with Gasteiger partial charge in [0.05, 0.1) is 6.61 Å². The van der Waals surface area contributed by atoms with Gasteiger partial charge in [-0.25, -0.2) is 4.18 Å². The van der Waals surface area contributed by atoms with Gasteiger partial charge in [-0.05, 0) is 6.42 Å². The summed E-state index contributed by atoms with van der Waals surface area (Å²) in [6.07, 6.45) is 17.6. The van der Waals surface area contributed by atoms with Crippen LogP contribution in [0.1, 0.15) is 96.8 Å². The summed E-state index contributed by atoms with van der Waals surface area (Å²) in [4.78, 5) is 0. The molecule has 130 valence electrons. The van der Waals surface area contributed by atoms with Crippen LogP contribution in [-0.4, -0.2) is 42.6 Å². The lowest BCUT2D eigenvalue weighted by atomic mass is 10.0. The molecule has 0 amide bonds. The van der Waals surface area contributed by atoms with Crippen LogP contribution in [0.15, 0.2) is 0 Å². The zero-order valence-electron chi connectivity index (χ0n) is 14.4. The molecular formula is C16H34MgO4S. The Balaban J connectivity index is 0. The zero-order valence-corrected chi connectivity index (χ0v) is 16.6. The highest BCUT2D eigenvalue weighted by atomic mass is 32.3. The topological polar surface area (TPSA) is 63.6 Å². The SMILES string of the molecule is CCCCCCCCCCCCCCCCOS(=O)(=O)O.[Mg]. The van der Waals surface area contributed by atoms with E-state index in [1.54, 1.807) is 0 Å². The quantitative estimate of drug-likeness (QED) is 0.245. The minimum atomic E-state index is -4.24. The number of hydrogen-bond acceptors (Lipinski definition) is 3. The first kappa shape index (κ1) is 24.9. The molecule has 0 aromatic carbocycles. The first-order valence-electron chi connectivity index (χ1n) is 8.68. The molecule has 0 spiro atoms. The van der Waals surface area contributed by atoms with Crippen molar-refractivity contribution in [3.63, 3.8) is 0 Å². The molecule has 6 heteroatoms. The van der Waals surface area contributed by atoms with Gasteiger partial charge in [0, 0.05) is 23.1 Å². The highest BCUT2D eigenvalue weighted by Gasteiger charge is 2.02. The van der Waals surface area contributed by atoms with Gasteiger partial charge in [0.25, 0.3) is 0 Å². The van der Waals surface area contributed by atoms with Crippen molar-refractivity contribution in [3.8, 4) is 0 Å². The van der Waals surface area contributed by atoms with Crippen molar-refractivity contribution >= 4 is 33.5 Å². The average Bonchev–Trinajstić information content (AvgIpc) is 2.42. The lowest BCUT2D eigenvalue weighted by Gasteiger charge is -2.03. The van der Waals surface area contributed by atoms with Crippen LogP contribution in [0.25, 0.3) is 0 Å². The first-order valence-corrected chi connectivity index (χ1v) is 10.0. The maximum atomic E-state index is 10.3. The minimum Gasteiger partial charge on any atom is -0.264 e. The largest absolute Gasteiger partial charge is 0.397 e. The summed E-state index contributed by atoms with van der Waals surface area (Å²) in [5.41, 5.74) is 0. The number of hydrogen-bond donors (Lipinski definition) is 1. The van der Waals surface area contributed by atoms with Crippen molar-refractivity contribution in [2.45, 2.75) is 96.8 Å². The van der Waals surface area contributed by atoms with Crippen LogP contribution >= 0.6 is 0 Å². The molecule has 0 aliphatic heterocycles. The van der Waals surface area contributed by atoms with Crippen molar-refractivity contribution in [3.05, 3.63) is 0 Å². The average molecular weight is 347 g/mol. The molecule has 0 aromatic rings. The fourth-order valence-corrected chi connectivity index (χ4v) is 2.79. The van der Waals surface area contributed by atoms with E-state index in [4.69, 9.17) is 4.55 Å². The van der Waals surface area contributed by atoms with Crippen molar-refractivity contribution in [1.82, 2.24) is 0 Å². The molecule has 0 aliphatic carbocycles. The molecule has 0 fully saturated rings. The summed E-state index contributed by atoms with van der Waals surface area (Å²) in [5.74, 6) is 0. The predicted octanol–water partition coefficient (Wildman–Crippen LogP) is 4.91. The molecule has 4 nitrogen and oxygen atoms in total. The maximum Gasteiger partial charge on any atom is 0.397 e. The lowest BCUT2D eigenvalue weighted by molar-refractivity contribution is 0.261. The van der Waals surface area contributed by atoms with E-state index in [1.165, 1.54) is 70.6 Å². The molecule has 0 heterocycles. The zero-order chi connectivity index (χ0) is 15.8. The summed E-state index contributed by atoms with van der Waals surface area (Å²) in [6, 6.07) is 0. The van der Waals surface area contributed by atoms with Gasteiger partial charge in [0.15, 0.2) is 0 Å². The van der Waals surface area contributed by atoms with Crippen LogP contribution in [-0.2, 0) is 14.6 Å². The standard InChI is InChI=1S/C16H34O4S.Mg/c1-2-3-4-5-6-7-8-9-10-11-12-13-14-15-16-20-21(17,18)19;/h2-16H2,1H3,(H,17,18,19);. The van der Waals surface area contributed by atoms with E-state index in [0.29, 0.717) is 6.42 Å². The van der Waals surface area contributed by atoms with Gasteiger partial charge in [-0.15, -0.1) is 0 Å². The van der Waals surface area contributed by atoms with E-state index in [2.05, 4.69) is 11.1 Å². The van der Waals surface area contributed by atoms with E-state index in [-0.39, 0.29) is 29.7 Å². The summed E-state index contributed by atoms with van der Waals surface area (Å²) in [5, 5.41) is 0. The highest BCUT2D eigenvalue weighted by Crippen LogP contribution is 2.12. The number of unbranched alkanes of at least 4 members (excludes halogenated alkanes) is 13. The van der Waals surface area contributed by atoms with Crippen LogP contribution < -0.4 is 0 Å². The van der Waals surface area contributed by atoms with Crippen molar-refractivity contribution in [2.75, 3.05) is 6.61 Å². The molecule has 0 bridgehead atoms. The van der Waals surface area contributed by atoms with Gasteiger partial charge in [0.1, 0.15) is 0 Å². The van der Waals surface area contributed by atoms with Crippen LogP contribution in [0.4, 0.5) is 0 Å². The van der Waals surface area contributed by atoms with Gasteiger partial charge in [-0.2, -0.15) is 8.42 Å². The van der Waals surface area contributed by atoms with E-state index in [0.717, 1.165) is 12.8 Å². The van der Waals surface area contributed by atoms with Crippen LogP contribution in [0.5, 0.6) is 0 Å². The second-order valence-electron chi connectivity index (χ2n) is 5.85. The molecular weight excluding hydrogens is 313 g/mol. The summed E-state index contributed by atoms with van der Waals surface area (Å²) in [7, 11) is -4.24. The van der Waals surface area contributed by atoms with Crippen molar-refractivity contribution < 1.29 is 17.2 Å². The van der Waals surface area contributed by atoms with Gasteiger partial charge in [0.2, 0.25) is 0 Å². The Hall–Kier alpha value is 0.636. The third-order valence-corrected chi connectivity index (χ3v) is 4.19. The molecule has 1 N–H and O–H groups in total. The molecule has 0 saturated heterocycles. The van der Waals surface area contributed by atoms with E-state index in [9.17, 15) is 8.42 Å². The van der Waals surface area contributed by atoms with Gasteiger partial charge >= 0.3 is 10.4 Å². The second-order valence-corrected chi connectivity index (χ2v) is 6.94. The predicted molar refractivity (Wildman–Crippen MR) is 93.6 cm³/mol. The lowest BCUT2D eigenvalue weighted by Crippen LogP contribution is -2.04. The number of rotatable bonds is 16. The van der Waals surface area contributed by atoms with Gasteiger partial charge in [-0.3, -0.25) is 4.55 Å². The summed E-state index contributed by atoms with van der Waals surface area (Å²) < 4.78 is 33.2. The normalized spacial score (nSPS) is 11.4. The Morgan fingerprint density at radius 1 is 0.682 bits per heavy atom. The molecule has 0 rings (SSSR count). The molecule has 0 unspecified atom stereocenters. The van der Waals surface area contributed by atoms with E-state index >= 15 is 0 Å². The van der Waals surface area contributed by atoms with Crippen molar-refractivity contribution in [2.24, 2.45) is 0 Å². The second kappa shape index (κ2) is 18.0. The van der Waals surface area contributed by atoms with Crippen LogP contribution in [0.2, 0.25) is 0 Å². The Morgan fingerprint density at radius 2 is 1.00 bits per heavy atom. The molecule has 2 radical (unpaired) electrons. The third kappa shape index (κ3) is 22.9.